The predicted octanol–water partition coefficient (Wildman–Crippen LogP) is 1.78. The molecule has 0 aromatic heterocycles. The number of primary amides is 1. The quantitative estimate of drug-likeness (QED) is 0.869. The van der Waals surface area contributed by atoms with Crippen LogP contribution in [0.25, 0.3) is 0 Å². The average molecular weight is 291 g/mol. The second-order valence-corrected chi connectivity index (χ2v) is 6.08. The molecule has 1 saturated carbocycles. The fourth-order valence-electron chi connectivity index (χ4n) is 2.98. The Hall–Kier alpha value is -1.62. The van der Waals surface area contributed by atoms with Gasteiger partial charge in [0, 0.05) is 36.9 Å². The number of anilines is 1. The number of carbonyl (C=O) groups excluding carboxylic acids is 1. The Balaban J connectivity index is 1.79. The lowest BCUT2D eigenvalue weighted by molar-refractivity contribution is -0.122. The summed E-state index contributed by atoms with van der Waals surface area (Å²) in [5, 5.41) is 3.37. The van der Waals surface area contributed by atoms with E-state index >= 15 is 0 Å². The summed E-state index contributed by atoms with van der Waals surface area (Å²) in [6, 6.07) is 5.72. The summed E-state index contributed by atoms with van der Waals surface area (Å²) in [7, 11) is 0. The van der Waals surface area contributed by atoms with E-state index in [9.17, 15) is 9.18 Å². The molecule has 3 N–H and O–H groups in total. The molecule has 2 fully saturated rings. The molecule has 3 rings (SSSR count). The Morgan fingerprint density at radius 3 is 2.90 bits per heavy atom. The normalized spacial score (nSPS) is 22.3. The third-order valence-electron chi connectivity index (χ3n) is 4.40. The van der Waals surface area contributed by atoms with Gasteiger partial charge in [0.2, 0.25) is 5.91 Å². The van der Waals surface area contributed by atoms with Crippen molar-refractivity contribution in [2.45, 2.75) is 38.3 Å². The lowest BCUT2D eigenvalue weighted by atomic mass is 9.96. The fourth-order valence-corrected chi connectivity index (χ4v) is 2.98. The van der Waals surface area contributed by atoms with Crippen molar-refractivity contribution in [3.8, 4) is 0 Å². The maximum atomic E-state index is 14.2. The van der Waals surface area contributed by atoms with Crippen LogP contribution < -0.4 is 16.0 Å². The van der Waals surface area contributed by atoms with Gasteiger partial charge in [-0.2, -0.15) is 0 Å². The highest BCUT2D eigenvalue weighted by Gasteiger charge is 2.27. The molecule has 1 aromatic carbocycles. The van der Waals surface area contributed by atoms with Crippen molar-refractivity contribution in [1.29, 1.82) is 0 Å². The summed E-state index contributed by atoms with van der Waals surface area (Å²) in [5.74, 6) is -0.568. The van der Waals surface area contributed by atoms with E-state index in [-0.39, 0.29) is 17.6 Å². The third kappa shape index (κ3) is 3.35. The van der Waals surface area contributed by atoms with Gasteiger partial charge in [0.15, 0.2) is 0 Å². The summed E-state index contributed by atoms with van der Waals surface area (Å²) in [5.41, 5.74) is 7.03. The molecule has 4 nitrogen and oxygen atoms in total. The molecule has 1 atom stereocenters. The maximum Gasteiger partial charge on any atom is 0.222 e. The average Bonchev–Trinajstić information content (AvgIpc) is 3.30. The molecular weight excluding hydrogens is 269 g/mol. The van der Waals surface area contributed by atoms with Gasteiger partial charge in [-0.15, -0.1) is 0 Å². The van der Waals surface area contributed by atoms with Crippen molar-refractivity contribution >= 4 is 11.6 Å². The van der Waals surface area contributed by atoms with Gasteiger partial charge >= 0.3 is 0 Å². The number of nitrogens with one attached hydrogen (secondary N) is 1. The van der Waals surface area contributed by atoms with Crippen LogP contribution in [0.4, 0.5) is 10.1 Å². The number of nitrogens with two attached hydrogens (primary N) is 1. The molecule has 1 saturated heterocycles. The number of rotatable bonds is 5. The molecule has 1 aliphatic heterocycles. The van der Waals surface area contributed by atoms with E-state index in [1.165, 1.54) is 18.9 Å². The Morgan fingerprint density at radius 1 is 1.38 bits per heavy atom. The Morgan fingerprint density at radius 2 is 2.19 bits per heavy atom. The lowest BCUT2D eigenvalue weighted by Gasteiger charge is -2.34. The standard InChI is InChI=1S/C16H22FN3O/c17-14-4-1-5-15(13(14)9-19-12-6-7-12)20-8-2-3-11(10-20)16(18)21/h1,4-5,11-12,19H,2-3,6-10H2,(H2,18,21). The number of halogens is 1. The third-order valence-corrected chi connectivity index (χ3v) is 4.40. The minimum atomic E-state index is -0.256. The van der Waals surface area contributed by atoms with E-state index in [1.807, 2.05) is 6.07 Å². The van der Waals surface area contributed by atoms with Gasteiger partial charge in [0.25, 0.3) is 0 Å². The molecule has 114 valence electrons. The van der Waals surface area contributed by atoms with Crippen molar-refractivity contribution in [3.05, 3.63) is 29.6 Å². The predicted molar refractivity (Wildman–Crippen MR) is 80.4 cm³/mol. The van der Waals surface area contributed by atoms with Gasteiger partial charge in [-0.1, -0.05) is 6.07 Å². The number of benzene rings is 1. The van der Waals surface area contributed by atoms with Crippen molar-refractivity contribution < 1.29 is 9.18 Å². The van der Waals surface area contributed by atoms with Crippen LogP contribution in [0, 0.1) is 11.7 Å². The summed E-state index contributed by atoms with van der Waals surface area (Å²) in [6.45, 7) is 1.99. The molecule has 2 aliphatic rings. The molecule has 1 aromatic rings. The largest absolute Gasteiger partial charge is 0.370 e. The molecule has 5 heteroatoms. The molecular formula is C16H22FN3O. The van der Waals surface area contributed by atoms with Crippen LogP contribution in [0.5, 0.6) is 0 Å². The van der Waals surface area contributed by atoms with Gasteiger partial charge < -0.3 is 16.0 Å². The van der Waals surface area contributed by atoms with Gasteiger partial charge in [-0.05, 0) is 37.8 Å². The fraction of sp³-hybridized carbons (Fsp3) is 0.562. The highest BCUT2D eigenvalue weighted by Crippen LogP contribution is 2.29. The van der Waals surface area contributed by atoms with E-state index in [1.54, 1.807) is 6.07 Å². The van der Waals surface area contributed by atoms with Gasteiger partial charge in [0.1, 0.15) is 5.82 Å². The van der Waals surface area contributed by atoms with Crippen molar-refractivity contribution in [2.75, 3.05) is 18.0 Å². The number of hydrogen-bond donors (Lipinski definition) is 2. The summed E-state index contributed by atoms with van der Waals surface area (Å²) < 4.78 is 14.2. The van der Waals surface area contributed by atoms with Crippen LogP contribution >= 0.6 is 0 Å². The lowest BCUT2D eigenvalue weighted by Crippen LogP contribution is -2.41. The highest BCUT2D eigenvalue weighted by molar-refractivity contribution is 5.77. The minimum Gasteiger partial charge on any atom is -0.370 e. The summed E-state index contributed by atoms with van der Waals surface area (Å²) in [4.78, 5) is 13.5. The molecule has 0 bridgehead atoms. The number of piperidine rings is 1. The van der Waals surface area contributed by atoms with Crippen LogP contribution in [0.1, 0.15) is 31.2 Å². The SMILES string of the molecule is NC(=O)C1CCCN(c2cccc(F)c2CNC2CC2)C1. The van der Waals surface area contributed by atoms with Crippen LogP contribution in [-0.2, 0) is 11.3 Å². The summed E-state index contributed by atoms with van der Waals surface area (Å²) in [6.07, 6.45) is 4.10. The van der Waals surface area contributed by atoms with E-state index in [0.717, 1.165) is 25.1 Å². The van der Waals surface area contributed by atoms with Crippen molar-refractivity contribution in [1.82, 2.24) is 5.32 Å². The number of nitrogens with zero attached hydrogens (tertiary/aromatic N) is 1. The van der Waals surface area contributed by atoms with Crippen molar-refractivity contribution in [3.63, 3.8) is 0 Å². The van der Waals surface area contributed by atoms with E-state index in [4.69, 9.17) is 5.73 Å². The Labute approximate surface area is 124 Å². The summed E-state index contributed by atoms with van der Waals surface area (Å²) >= 11 is 0. The van der Waals surface area contributed by atoms with E-state index < -0.39 is 0 Å². The van der Waals surface area contributed by atoms with Crippen LogP contribution in [-0.4, -0.2) is 25.0 Å². The first-order valence-corrected chi connectivity index (χ1v) is 7.70. The van der Waals surface area contributed by atoms with Crippen LogP contribution in [0.3, 0.4) is 0 Å². The Kier molecular flexibility index (Phi) is 4.10. The molecule has 0 spiro atoms. The first-order chi connectivity index (χ1) is 10.1. The molecule has 21 heavy (non-hydrogen) atoms. The molecule has 1 unspecified atom stereocenters. The van der Waals surface area contributed by atoms with E-state index in [0.29, 0.717) is 24.7 Å². The minimum absolute atomic E-state index is 0.133. The molecule has 0 radical (unpaired) electrons. The maximum absolute atomic E-state index is 14.2. The van der Waals surface area contributed by atoms with Crippen LogP contribution in [0.15, 0.2) is 18.2 Å². The smallest absolute Gasteiger partial charge is 0.222 e. The Bertz CT molecular complexity index is 530. The highest BCUT2D eigenvalue weighted by atomic mass is 19.1. The first kappa shape index (κ1) is 14.3. The van der Waals surface area contributed by atoms with E-state index in [2.05, 4.69) is 10.2 Å². The second-order valence-electron chi connectivity index (χ2n) is 6.08. The first-order valence-electron chi connectivity index (χ1n) is 7.70. The molecule has 1 amide bonds. The number of amides is 1. The topological polar surface area (TPSA) is 58.4 Å². The molecule has 1 aliphatic carbocycles. The monoisotopic (exact) mass is 291 g/mol. The van der Waals surface area contributed by atoms with Crippen LogP contribution in [0.2, 0.25) is 0 Å². The zero-order chi connectivity index (χ0) is 14.8. The molecule has 1 heterocycles. The van der Waals surface area contributed by atoms with Gasteiger partial charge in [-0.3, -0.25) is 4.79 Å². The van der Waals surface area contributed by atoms with Gasteiger partial charge in [0.05, 0.1) is 5.92 Å². The zero-order valence-electron chi connectivity index (χ0n) is 12.1. The number of hydrogen-bond acceptors (Lipinski definition) is 3. The van der Waals surface area contributed by atoms with Gasteiger partial charge in [-0.25, -0.2) is 4.39 Å². The zero-order valence-corrected chi connectivity index (χ0v) is 12.1. The second kappa shape index (κ2) is 6.02. The van der Waals surface area contributed by atoms with Crippen molar-refractivity contribution in [2.24, 2.45) is 11.7 Å². The number of carbonyl (C=O) groups is 1.